The Hall–Kier alpha value is -2.60. The Bertz CT molecular complexity index is 749. The van der Waals surface area contributed by atoms with Crippen molar-refractivity contribution in [3.8, 4) is 11.6 Å². The second kappa shape index (κ2) is 6.26. The van der Waals surface area contributed by atoms with Crippen LogP contribution in [0.5, 0.6) is 5.88 Å². The Balaban J connectivity index is 2.20. The van der Waals surface area contributed by atoms with Crippen molar-refractivity contribution < 1.29 is 19.4 Å². The van der Waals surface area contributed by atoms with E-state index in [1.54, 1.807) is 13.0 Å². The van der Waals surface area contributed by atoms with Crippen molar-refractivity contribution in [1.29, 1.82) is 0 Å². The van der Waals surface area contributed by atoms with E-state index in [0.717, 1.165) is 11.3 Å². The molecule has 1 aliphatic heterocycles. The fraction of sp³-hybridized carbons (Fsp3) is 0.294. The molecule has 0 saturated carbocycles. The number of esters is 1. The number of aliphatic hydroxyl groups excluding tert-OH is 1. The van der Waals surface area contributed by atoms with E-state index in [-0.39, 0.29) is 12.3 Å². The largest absolute Gasteiger partial charge is 0.461 e. The number of nitrogens with zero attached hydrogens (tertiary/aromatic N) is 2. The number of hydrogen-bond acceptors (Lipinski definition) is 5. The van der Waals surface area contributed by atoms with Crippen molar-refractivity contribution in [2.45, 2.75) is 26.6 Å². The highest BCUT2D eigenvalue weighted by molar-refractivity contribution is 5.95. The standard InChI is InChI=1S/C17H18N2O4/c1-3-11-10-13(20)23-16-14(11)15(17(21)22-4-2)18-19(16)12-8-6-5-7-9-12/h5-10,13,20H,3-4H2,1-2H3. The molecule has 1 aromatic heterocycles. The fourth-order valence-corrected chi connectivity index (χ4v) is 2.59. The quantitative estimate of drug-likeness (QED) is 0.878. The van der Waals surface area contributed by atoms with Gasteiger partial charge in [0.2, 0.25) is 12.2 Å². The predicted octanol–water partition coefficient (Wildman–Crippen LogP) is 2.55. The predicted molar refractivity (Wildman–Crippen MR) is 84.4 cm³/mol. The average molecular weight is 314 g/mol. The van der Waals surface area contributed by atoms with E-state index in [4.69, 9.17) is 9.47 Å². The number of para-hydroxylation sites is 1. The van der Waals surface area contributed by atoms with Gasteiger partial charge in [-0.1, -0.05) is 25.1 Å². The number of fused-ring (bicyclic) bond motifs is 1. The zero-order chi connectivity index (χ0) is 16.4. The maximum Gasteiger partial charge on any atom is 0.359 e. The van der Waals surface area contributed by atoms with Crippen LogP contribution in [-0.2, 0) is 4.74 Å². The van der Waals surface area contributed by atoms with E-state index in [9.17, 15) is 9.90 Å². The number of rotatable bonds is 4. The number of hydrogen-bond donors (Lipinski definition) is 1. The van der Waals surface area contributed by atoms with Crippen LogP contribution in [0.15, 0.2) is 36.4 Å². The first-order valence-electron chi connectivity index (χ1n) is 7.57. The number of carbonyl (C=O) groups is 1. The van der Waals surface area contributed by atoms with E-state index in [1.807, 2.05) is 37.3 Å². The molecule has 6 nitrogen and oxygen atoms in total. The molecule has 3 rings (SSSR count). The molecule has 0 saturated heterocycles. The fourth-order valence-electron chi connectivity index (χ4n) is 2.59. The van der Waals surface area contributed by atoms with Gasteiger partial charge in [-0.2, -0.15) is 9.78 Å². The SMILES string of the molecule is CCOC(=O)c1nn(-c2ccccc2)c2c1C(CC)=CC(O)O2. The van der Waals surface area contributed by atoms with Gasteiger partial charge in [0.05, 0.1) is 17.9 Å². The number of aromatic nitrogens is 2. The highest BCUT2D eigenvalue weighted by atomic mass is 16.6. The third-order valence-corrected chi connectivity index (χ3v) is 3.59. The lowest BCUT2D eigenvalue weighted by molar-refractivity contribution is 0.0166. The number of aliphatic hydroxyl groups is 1. The summed E-state index contributed by atoms with van der Waals surface area (Å²) in [6.45, 7) is 3.96. The van der Waals surface area contributed by atoms with Crippen LogP contribution in [0, 0.1) is 0 Å². The molecule has 1 N–H and O–H groups in total. The van der Waals surface area contributed by atoms with Crippen molar-refractivity contribution in [3.05, 3.63) is 47.7 Å². The summed E-state index contributed by atoms with van der Waals surface area (Å²) in [5.41, 5.74) is 2.33. The van der Waals surface area contributed by atoms with Crippen molar-refractivity contribution in [1.82, 2.24) is 9.78 Å². The number of allylic oxidation sites excluding steroid dienone is 1. The van der Waals surface area contributed by atoms with E-state index in [0.29, 0.717) is 17.9 Å². The molecule has 6 heteroatoms. The first kappa shape index (κ1) is 15.3. The summed E-state index contributed by atoms with van der Waals surface area (Å²) in [6.07, 6.45) is 1.16. The zero-order valence-electron chi connectivity index (χ0n) is 13.0. The lowest BCUT2D eigenvalue weighted by atomic mass is 10.0. The molecule has 0 radical (unpaired) electrons. The third-order valence-electron chi connectivity index (χ3n) is 3.59. The molecule has 1 atom stereocenters. The molecule has 0 fully saturated rings. The first-order valence-corrected chi connectivity index (χ1v) is 7.57. The van der Waals surface area contributed by atoms with Crippen LogP contribution in [0.4, 0.5) is 0 Å². The molecule has 0 aliphatic carbocycles. The molecule has 0 spiro atoms. The van der Waals surface area contributed by atoms with Crippen molar-refractivity contribution in [2.75, 3.05) is 6.61 Å². The van der Waals surface area contributed by atoms with Crippen LogP contribution in [-0.4, -0.2) is 33.8 Å². The monoisotopic (exact) mass is 314 g/mol. The molecule has 0 amide bonds. The maximum absolute atomic E-state index is 12.3. The summed E-state index contributed by atoms with van der Waals surface area (Å²) in [5, 5.41) is 14.3. The number of benzene rings is 1. The zero-order valence-corrected chi connectivity index (χ0v) is 13.0. The van der Waals surface area contributed by atoms with Crippen LogP contribution in [0.1, 0.15) is 36.3 Å². The Morgan fingerprint density at radius 2 is 2.09 bits per heavy atom. The first-order chi connectivity index (χ1) is 11.2. The van der Waals surface area contributed by atoms with E-state index in [2.05, 4.69) is 5.10 Å². The Kier molecular flexibility index (Phi) is 4.16. The summed E-state index contributed by atoms with van der Waals surface area (Å²) >= 11 is 0. The van der Waals surface area contributed by atoms with Crippen molar-refractivity contribution in [3.63, 3.8) is 0 Å². The second-order valence-corrected chi connectivity index (χ2v) is 5.05. The van der Waals surface area contributed by atoms with Gasteiger partial charge in [-0.05, 0) is 37.1 Å². The lowest BCUT2D eigenvalue weighted by Gasteiger charge is -2.20. The highest BCUT2D eigenvalue weighted by Gasteiger charge is 2.31. The number of carbonyl (C=O) groups excluding carboxylic acids is 1. The van der Waals surface area contributed by atoms with Crippen LogP contribution in [0.3, 0.4) is 0 Å². The average Bonchev–Trinajstić information content (AvgIpc) is 2.94. The Labute approximate surface area is 134 Å². The van der Waals surface area contributed by atoms with E-state index >= 15 is 0 Å². The van der Waals surface area contributed by atoms with Gasteiger partial charge in [-0.25, -0.2) is 4.79 Å². The molecular formula is C17H18N2O4. The van der Waals surface area contributed by atoms with Gasteiger partial charge in [-0.15, -0.1) is 0 Å². The molecule has 120 valence electrons. The Morgan fingerprint density at radius 3 is 2.74 bits per heavy atom. The Morgan fingerprint density at radius 1 is 1.35 bits per heavy atom. The highest BCUT2D eigenvalue weighted by Crippen LogP contribution is 2.37. The summed E-state index contributed by atoms with van der Waals surface area (Å²) in [5.74, 6) is -0.149. The van der Waals surface area contributed by atoms with Crippen LogP contribution >= 0.6 is 0 Å². The molecule has 0 bridgehead atoms. The van der Waals surface area contributed by atoms with Crippen LogP contribution < -0.4 is 4.74 Å². The van der Waals surface area contributed by atoms with Crippen LogP contribution in [0.2, 0.25) is 0 Å². The molecule has 1 aromatic carbocycles. The minimum absolute atomic E-state index is 0.200. The molecule has 1 aliphatic rings. The summed E-state index contributed by atoms with van der Waals surface area (Å²) in [6, 6.07) is 9.31. The van der Waals surface area contributed by atoms with Gasteiger partial charge in [0.1, 0.15) is 0 Å². The van der Waals surface area contributed by atoms with E-state index in [1.165, 1.54) is 4.68 Å². The normalized spacial score (nSPS) is 16.3. The van der Waals surface area contributed by atoms with Gasteiger partial charge < -0.3 is 14.6 Å². The molecule has 2 heterocycles. The lowest BCUT2D eigenvalue weighted by Crippen LogP contribution is -2.20. The van der Waals surface area contributed by atoms with Gasteiger partial charge in [-0.3, -0.25) is 0 Å². The summed E-state index contributed by atoms with van der Waals surface area (Å²) < 4.78 is 12.2. The molecular weight excluding hydrogens is 296 g/mol. The van der Waals surface area contributed by atoms with Gasteiger partial charge in [0, 0.05) is 0 Å². The third kappa shape index (κ3) is 2.73. The topological polar surface area (TPSA) is 73.6 Å². The molecule has 1 unspecified atom stereocenters. The van der Waals surface area contributed by atoms with Gasteiger partial charge in [0.15, 0.2) is 5.69 Å². The second-order valence-electron chi connectivity index (χ2n) is 5.05. The van der Waals surface area contributed by atoms with Crippen LogP contribution in [0.25, 0.3) is 11.3 Å². The summed E-state index contributed by atoms with van der Waals surface area (Å²) in [7, 11) is 0. The van der Waals surface area contributed by atoms with Crippen molar-refractivity contribution >= 4 is 11.5 Å². The minimum atomic E-state index is -1.06. The summed E-state index contributed by atoms with van der Waals surface area (Å²) in [4.78, 5) is 12.3. The molecule has 23 heavy (non-hydrogen) atoms. The minimum Gasteiger partial charge on any atom is -0.461 e. The van der Waals surface area contributed by atoms with Gasteiger partial charge in [0.25, 0.3) is 0 Å². The van der Waals surface area contributed by atoms with Crippen molar-refractivity contribution in [2.24, 2.45) is 0 Å². The molecule has 2 aromatic rings. The number of ether oxygens (including phenoxy) is 2. The van der Waals surface area contributed by atoms with E-state index < -0.39 is 12.3 Å². The maximum atomic E-state index is 12.3. The smallest absolute Gasteiger partial charge is 0.359 e. The van der Waals surface area contributed by atoms with Gasteiger partial charge >= 0.3 is 5.97 Å².